The van der Waals surface area contributed by atoms with Crippen molar-refractivity contribution in [2.75, 3.05) is 13.2 Å². The fraction of sp³-hybridized carbons (Fsp3) is 0.552. The molecule has 7 nitrogen and oxygen atoms in total. The lowest BCUT2D eigenvalue weighted by Crippen LogP contribution is -2.60. The molecular weight excluding hydrogens is 513 g/mol. The smallest absolute Gasteiger partial charge is 0.252 e. The van der Waals surface area contributed by atoms with E-state index in [0.717, 1.165) is 18.4 Å². The predicted molar refractivity (Wildman–Crippen MR) is 139 cm³/mol. The zero-order valence-electron chi connectivity index (χ0n) is 21.8. The van der Waals surface area contributed by atoms with E-state index in [1.54, 1.807) is 24.3 Å². The molecule has 0 radical (unpaired) electrons. The van der Waals surface area contributed by atoms with Gasteiger partial charge >= 0.3 is 0 Å². The van der Waals surface area contributed by atoms with Gasteiger partial charge in [-0.1, -0.05) is 41.9 Å². The average Bonchev–Trinajstić information content (AvgIpc) is 3.51. The largest absolute Gasteiger partial charge is 0.376 e. The van der Waals surface area contributed by atoms with Crippen molar-refractivity contribution in [2.45, 2.75) is 88.5 Å². The van der Waals surface area contributed by atoms with Gasteiger partial charge < -0.3 is 29.0 Å². The van der Waals surface area contributed by atoms with Crippen molar-refractivity contribution < 1.29 is 32.9 Å². The maximum absolute atomic E-state index is 14.5. The first-order valence-corrected chi connectivity index (χ1v) is 13.6. The summed E-state index contributed by atoms with van der Waals surface area (Å²) in [6.45, 7) is 4.98. The topological polar surface area (TPSA) is 75.3 Å². The number of carbonyl (C=O) groups is 1. The molecule has 0 unspecified atom stereocenters. The van der Waals surface area contributed by atoms with Crippen molar-refractivity contribution in [1.82, 2.24) is 5.32 Å². The number of nitrogens with one attached hydrogen (secondary N) is 1. The van der Waals surface area contributed by atoms with E-state index in [-0.39, 0.29) is 50.0 Å². The number of carbonyl (C=O) groups excluding carboxylic acids is 1. The standard InChI is InChI=1S/C29H35ClFNO6/c1-28(2)37-25-15-29(27(33)32-16-22-10-6-12-34-22,36-18-20-8-3-4-11-23(20)31)14-24(26(25)38-28)35-17-19-7-5-9-21(30)13-19/h3-5,7-9,11,13,22,24-26H,6,10,12,14-18H2,1-2H3,(H,32,33)/t22-,24+,25-,26+,29-/m1/s1. The van der Waals surface area contributed by atoms with Crippen LogP contribution in [0.25, 0.3) is 0 Å². The van der Waals surface area contributed by atoms with E-state index >= 15 is 0 Å². The fourth-order valence-electron chi connectivity index (χ4n) is 5.54. The van der Waals surface area contributed by atoms with Crippen molar-refractivity contribution in [3.8, 4) is 0 Å². The summed E-state index contributed by atoms with van der Waals surface area (Å²) in [4.78, 5) is 13.8. The number of fused-ring (bicyclic) bond motifs is 1. The second-order valence-corrected chi connectivity index (χ2v) is 11.2. The van der Waals surface area contributed by atoms with Gasteiger partial charge in [-0.15, -0.1) is 0 Å². The van der Waals surface area contributed by atoms with Gasteiger partial charge in [-0.05, 0) is 50.5 Å². The molecule has 1 aliphatic carbocycles. The highest BCUT2D eigenvalue weighted by Gasteiger charge is 2.58. The number of rotatable bonds is 9. The molecule has 9 heteroatoms. The molecule has 3 aliphatic rings. The molecule has 2 heterocycles. The minimum Gasteiger partial charge on any atom is -0.376 e. The molecule has 1 N–H and O–H groups in total. The Bertz CT molecular complexity index is 1130. The van der Waals surface area contributed by atoms with Crippen molar-refractivity contribution >= 4 is 17.5 Å². The molecule has 0 spiro atoms. The Morgan fingerprint density at radius 2 is 1.97 bits per heavy atom. The van der Waals surface area contributed by atoms with Crippen molar-refractivity contribution in [1.29, 1.82) is 0 Å². The number of hydrogen-bond acceptors (Lipinski definition) is 6. The molecule has 0 bridgehead atoms. The first-order valence-electron chi connectivity index (χ1n) is 13.2. The van der Waals surface area contributed by atoms with Crippen LogP contribution >= 0.6 is 11.6 Å². The lowest BCUT2D eigenvalue weighted by Gasteiger charge is -2.43. The second-order valence-electron chi connectivity index (χ2n) is 10.7. The van der Waals surface area contributed by atoms with E-state index in [4.69, 9.17) is 35.3 Å². The number of halogens is 2. The van der Waals surface area contributed by atoms with Crippen molar-refractivity contribution in [2.24, 2.45) is 0 Å². The van der Waals surface area contributed by atoms with E-state index in [0.29, 0.717) is 23.7 Å². The molecule has 5 atom stereocenters. The normalized spacial score (nSPS) is 30.2. The Balaban J connectivity index is 1.40. The van der Waals surface area contributed by atoms with Gasteiger partial charge in [0, 0.05) is 36.6 Å². The minimum atomic E-state index is -1.31. The van der Waals surface area contributed by atoms with E-state index in [1.165, 1.54) is 6.07 Å². The third kappa shape index (κ3) is 6.38. The van der Waals surface area contributed by atoms with E-state index < -0.39 is 23.6 Å². The molecule has 206 valence electrons. The molecule has 2 aromatic carbocycles. The summed E-state index contributed by atoms with van der Waals surface area (Å²) in [7, 11) is 0. The summed E-state index contributed by atoms with van der Waals surface area (Å²) in [5.74, 6) is -1.51. The van der Waals surface area contributed by atoms with Crippen LogP contribution in [0.15, 0.2) is 48.5 Å². The maximum atomic E-state index is 14.5. The molecule has 2 aromatic rings. The number of benzene rings is 2. The Morgan fingerprint density at radius 1 is 1.13 bits per heavy atom. The molecule has 1 saturated carbocycles. The lowest BCUT2D eigenvalue weighted by atomic mass is 9.78. The third-order valence-electron chi connectivity index (χ3n) is 7.39. The SMILES string of the molecule is CC1(C)O[C@H]2[C@@H](OCc3cccc(Cl)c3)C[C@](OCc3ccccc3F)(C(=O)NC[C@H]3CCCO3)C[C@H]2O1. The molecular formula is C29H35ClFNO6. The number of hydrogen-bond donors (Lipinski definition) is 1. The van der Waals surface area contributed by atoms with Gasteiger partial charge in [0.05, 0.1) is 31.5 Å². The van der Waals surface area contributed by atoms with Crippen LogP contribution in [0.3, 0.4) is 0 Å². The monoisotopic (exact) mass is 547 g/mol. The summed E-state index contributed by atoms with van der Waals surface area (Å²) in [6.07, 6.45) is 0.966. The Hall–Kier alpha value is -2.07. The van der Waals surface area contributed by atoms with E-state index in [1.807, 2.05) is 32.0 Å². The molecule has 0 aromatic heterocycles. The van der Waals surface area contributed by atoms with Crippen LogP contribution in [0, 0.1) is 5.82 Å². The summed E-state index contributed by atoms with van der Waals surface area (Å²) in [6, 6.07) is 13.8. The molecule has 5 rings (SSSR count). The maximum Gasteiger partial charge on any atom is 0.252 e. The van der Waals surface area contributed by atoms with Gasteiger partial charge in [0.25, 0.3) is 5.91 Å². The number of ether oxygens (including phenoxy) is 5. The van der Waals surface area contributed by atoms with Gasteiger partial charge in [-0.25, -0.2) is 4.39 Å². The van der Waals surface area contributed by atoms with Crippen molar-refractivity contribution in [3.63, 3.8) is 0 Å². The van der Waals surface area contributed by atoms with Crippen LogP contribution in [-0.4, -0.2) is 54.9 Å². The summed E-state index contributed by atoms with van der Waals surface area (Å²) in [5.41, 5.74) is -0.0371. The highest BCUT2D eigenvalue weighted by atomic mass is 35.5. The lowest BCUT2D eigenvalue weighted by molar-refractivity contribution is -0.184. The molecule has 1 amide bonds. The first kappa shape index (κ1) is 27.5. The molecule has 2 saturated heterocycles. The Labute approximate surface area is 227 Å². The molecule has 38 heavy (non-hydrogen) atoms. The third-order valence-corrected chi connectivity index (χ3v) is 7.63. The minimum absolute atomic E-state index is 0.0289. The summed E-state index contributed by atoms with van der Waals surface area (Å²) < 4.78 is 45.4. The van der Waals surface area contributed by atoms with Crippen LogP contribution < -0.4 is 5.32 Å². The second kappa shape index (κ2) is 11.6. The van der Waals surface area contributed by atoms with Crippen LogP contribution in [0.5, 0.6) is 0 Å². The zero-order chi connectivity index (χ0) is 26.8. The molecule has 2 aliphatic heterocycles. The number of amides is 1. The van der Waals surface area contributed by atoms with Crippen LogP contribution in [0.1, 0.15) is 50.7 Å². The summed E-state index contributed by atoms with van der Waals surface area (Å²) in [5, 5.41) is 3.65. The van der Waals surface area contributed by atoms with E-state index in [9.17, 15) is 9.18 Å². The first-order chi connectivity index (χ1) is 18.2. The zero-order valence-corrected chi connectivity index (χ0v) is 22.5. The van der Waals surface area contributed by atoms with Crippen LogP contribution in [0.2, 0.25) is 5.02 Å². The quantitative estimate of drug-likeness (QED) is 0.480. The molecule has 3 fully saturated rings. The van der Waals surface area contributed by atoms with Crippen molar-refractivity contribution in [3.05, 3.63) is 70.5 Å². The fourth-order valence-corrected chi connectivity index (χ4v) is 5.76. The van der Waals surface area contributed by atoms with Gasteiger partial charge in [0.1, 0.15) is 11.9 Å². The average molecular weight is 548 g/mol. The van der Waals surface area contributed by atoms with Gasteiger partial charge in [-0.2, -0.15) is 0 Å². The van der Waals surface area contributed by atoms with Gasteiger partial charge in [0.2, 0.25) is 0 Å². The van der Waals surface area contributed by atoms with E-state index in [2.05, 4.69) is 5.32 Å². The Kier molecular flexibility index (Phi) is 8.38. The van der Waals surface area contributed by atoms with Crippen LogP contribution in [0.4, 0.5) is 4.39 Å². The summed E-state index contributed by atoms with van der Waals surface area (Å²) >= 11 is 6.17. The van der Waals surface area contributed by atoms with Crippen LogP contribution in [-0.2, 0) is 41.7 Å². The predicted octanol–water partition coefficient (Wildman–Crippen LogP) is 4.93. The highest BCUT2D eigenvalue weighted by Crippen LogP contribution is 2.44. The Morgan fingerprint density at radius 3 is 2.74 bits per heavy atom. The van der Waals surface area contributed by atoms with Gasteiger partial charge in [-0.3, -0.25) is 4.79 Å². The highest BCUT2D eigenvalue weighted by molar-refractivity contribution is 6.30. The van der Waals surface area contributed by atoms with Gasteiger partial charge in [0.15, 0.2) is 11.4 Å².